The molecular weight excluding hydrogens is 699 g/mol. The standard InChI is InChI=1S/C42H51N7O6/c1-22(2)35(47-40(51)53-7)39(50)49-23(3)10-15-33(49)37-43-20-31(45-37)25-11-13-27-26(17-25)21-54-34-19-28-24(18-29(27)34)12-14-30-36(28)46-38(44-30)32-9-8-16-48(32)41(52)55-42(4,5)6/h11-14,17-20,22-23,32-33,35,40,47,51H,8-10,15-16,21H2,1-7H3,(H,43,45)(H,44,46)/t23-,32-,33-,35-,40?/m0/s1. The fraction of sp³-hybridized carbons (Fsp3) is 0.476. The van der Waals surface area contributed by atoms with Crippen LogP contribution >= 0.6 is 0 Å². The van der Waals surface area contributed by atoms with Crippen LogP contribution in [0, 0.1) is 5.92 Å². The largest absolute Gasteiger partial charge is 0.488 e. The van der Waals surface area contributed by atoms with Gasteiger partial charge in [0.1, 0.15) is 29.6 Å². The number of carbonyl (C=O) groups excluding carboxylic acids is 2. The number of aliphatic hydroxyl groups excluding tert-OH is 1. The summed E-state index contributed by atoms with van der Waals surface area (Å²) in [5.41, 5.74) is 6.26. The van der Waals surface area contributed by atoms with Gasteiger partial charge < -0.3 is 34.2 Å². The zero-order valence-corrected chi connectivity index (χ0v) is 32.6. The number of amides is 2. The average molecular weight is 750 g/mol. The van der Waals surface area contributed by atoms with Crippen LogP contribution in [0.1, 0.15) is 96.5 Å². The van der Waals surface area contributed by atoms with Crippen molar-refractivity contribution in [2.24, 2.45) is 5.92 Å². The number of benzene rings is 3. The van der Waals surface area contributed by atoms with Crippen LogP contribution in [-0.2, 0) is 20.9 Å². The van der Waals surface area contributed by atoms with Gasteiger partial charge in [0, 0.05) is 30.6 Å². The summed E-state index contributed by atoms with van der Waals surface area (Å²) in [4.78, 5) is 47.4. The Morgan fingerprint density at radius 2 is 1.84 bits per heavy atom. The van der Waals surface area contributed by atoms with Crippen LogP contribution in [-0.4, -0.2) is 84.6 Å². The molecule has 3 aliphatic rings. The van der Waals surface area contributed by atoms with Gasteiger partial charge in [-0.25, -0.2) is 14.8 Å². The van der Waals surface area contributed by atoms with Crippen LogP contribution in [0.15, 0.2) is 48.7 Å². The highest BCUT2D eigenvalue weighted by atomic mass is 16.6. The zero-order valence-electron chi connectivity index (χ0n) is 32.6. The lowest BCUT2D eigenvalue weighted by Gasteiger charge is -2.34. The van der Waals surface area contributed by atoms with Crippen LogP contribution in [0.3, 0.4) is 0 Å². The molecule has 0 bridgehead atoms. The molecule has 5 aromatic rings. The Kier molecular flexibility index (Phi) is 9.59. The number of carbonyl (C=O) groups is 2. The number of aromatic nitrogens is 4. The molecule has 290 valence electrons. The molecule has 3 aliphatic heterocycles. The van der Waals surface area contributed by atoms with Crippen molar-refractivity contribution in [1.82, 2.24) is 35.1 Å². The van der Waals surface area contributed by atoms with E-state index >= 15 is 0 Å². The van der Waals surface area contributed by atoms with E-state index < -0.39 is 18.1 Å². The Hall–Kier alpha value is -4.98. The van der Waals surface area contributed by atoms with E-state index in [1.54, 1.807) is 4.90 Å². The third kappa shape index (κ3) is 6.93. The molecule has 5 heterocycles. The van der Waals surface area contributed by atoms with E-state index in [0.717, 1.165) is 92.8 Å². The Morgan fingerprint density at radius 1 is 1.02 bits per heavy atom. The molecule has 13 nitrogen and oxygen atoms in total. The topological polar surface area (TPSA) is 158 Å². The van der Waals surface area contributed by atoms with Crippen molar-refractivity contribution in [3.05, 3.63) is 65.9 Å². The quantitative estimate of drug-likeness (QED) is 0.119. The molecule has 5 atom stereocenters. The number of hydrogen-bond donors (Lipinski definition) is 4. The molecule has 4 N–H and O–H groups in total. The first-order valence-corrected chi connectivity index (χ1v) is 19.4. The normalized spacial score (nSPS) is 20.9. The summed E-state index contributed by atoms with van der Waals surface area (Å²) < 4.78 is 17.1. The first kappa shape index (κ1) is 37.0. The van der Waals surface area contributed by atoms with Crippen molar-refractivity contribution >= 4 is 33.8 Å². The Labute approximate surface area is 320 Å². The van der Waals surface area contributed by atoms with Crippen molar-refractivity contribution in [3.63, 3.8) is 0 Å². The van der Waals surface area contributed by atoms with Crippen molar-refractivity contribution in [3.8, 4) is 28.1 Å². The summed E-state index contributed by atoms with van der Waals surface area (Å²) in [6.45, 7) is 12.7. The highest BCUT2D eigenvalue weighted by molar-refractivity contribution is 6.07. The van der Waals surface area contributed by atoms with Gasteiger partial charge in [-0.15, -0.1) is 0 Å². The molecule has 2 amide bonds. The van der Waals surface area contributed by atoms with Crippen molar-refractivity contribution in [1.29, 1.82) is 0 Å². The number of H-pyrrole nitrogens is 2. The van der Waals surface area contributed by atoms with Gasteiger partial charge in [-0.3, -0.25) is 15.0 Å². The fourth-order valence-corrected chi connectivity index (χ4v) is 8.43. The molecule has 2 aromatic heterocycles. The number of imidazole rings is 2. The third-order valence-electron chi connectivity index (χ3n) is 11.2. The maximum absolute atomic E-state index is 13.9. The Bertz CT molecular complexity index is 2260. The molecule has 2 saturated heterocycles. The van der Waals surface area contributed by atoms with Gasteiger partial charge in [0.25, 0.3) is 0 Å². The van der Waals surface area contributed by atoms with E-state index in [1.807, 2.05) is 45.7 Å². The van der Waals surface area contributed by atoms with Gasteiger partial charge in [0.15, 0.2) is 0 Å². The minimum absolute atomic E-state index is 0.0267. The minimum Gasteiger partial charge on any atom is -0.488 e. The molecule has 1 unspecified atom stereocenters. The van der Waals surface area contributed by atoms with E-state index in [9.17, 15) is 14.7 Å². The van der Waals surface area contributed by atoms with Gasteiger partial charge in [-0.1, -0.05) is 32.0 Å². The number of nitrogens with one attached hydrogen (secondary N) is 3. The summed E-state index contributed by atoms with van der Waals surface area (Å²) in [5, 5.41) is 15.1. The van der Waals surface area contributed by atoms with Gasteiger partial charge in [0.2, 0.25) is 12.3 Å². The van der Waals surface area contributed by atoms with E-state index in [1.165, 1.54) is 7.11 Å². The number of ether oxygens (including phenoxy) is 3. The highest BCUT2D eigenvalue weighted by Crippen LogP contribution is 2.44. The molecule has 0 saturated carbocycles. The Balaban J connectivity index is 1.04. The van der Waals surface area contributed by atoms with Gasteiger partial charge in [0.05, 0.1) is 41.0 Å². The lowest BCUT2D eigenvalue weighted by molar-refractivity contribution is -0.146. The second-order valence-corrected chi connectivity index (χ2v) is 16.5. The molecule has 2 fully saturated rings. The number of aliphatic hydroxyl groups is 1. The molecule has 0 spiro atoms. The number of methoxy groups -OCH3 is 1. The van der Waals surface area contributed by atoms with Gasteiger partial charge >= 0.3 is 6.09 Å². The van der Waals surface area contributed by atoms with Crippen LogP contribution < -0.4 is 10.1 Å². The molecule has 0 aliphatic carbocycles. The van der Waals surface area contributed by atoms with Crippen LogP contribution in [0.25, 0.3) is 44.2 Å². The second-order valence-electron chi connectivity index (χ2n) is 16.5. The van der Waals surface area contributed by atoms with Crippen molar-refractivity contribution in [2.45, 2.75) is 110 Å². The molecule has 55 heavy (non-hydrogen) atoms. The summed E-state index contributed by atoms with van der Waals surface area (Å²) >= 11 is 0. The monoisotopic (exact) mass is 749 g/mol. The summed E-state index contributed by atoms with van der Waals surface area (Å²) in [7, 11) is 1.40. The first-order valence-electron chi connectivity index (χ1n) is 19.4. The predicted octanol–water partition coefficient (Wildman–Crippen LogP) is 7.33. The van der Waals surface area contributed by atoms with Crippen LogP contribution in [0.2, 0.25) is 0 Å². The van der Waals surface area contributed by atoms with Crippen molar-refractivity contribution < 1.29 is 28.9 Å². The van der Waals surface area contributed by atoms with E-state index in [0.29, 0.717) is 13.2 Å². The summed E-state index contributed by atoms with van der Waals surface area (Å²) in [6.07, 6.45) is 3.65. The predicted molar refractivity (Wildman–Crippen MR) is 209 cm³/mol. The second kappa shape index (κ2) is 14.3. The maximum Gasteiger partial charge on any atom is 0.410 e. The van der Waals surface area contributed by atoms with Gasteiger partial charge in [-0.05, 0) is 106 Å². The molecular formula is C42H51N7O6. The van der Waals surface area contributed by atoms with E-state index in [2.05, 4.69) is 64.7 Å². The number of aromatic amines is 2. The molecule has 3 aromatic carbocycles. The molecule has 8 rings (SSSR count). The number of rotatable bonds is 8. The highest BCUT2D eigenvalue weighted by Gasteiger charge is 2.41. The van der Waals surface area contributed by atoms with Crippen molar-refractivity contribution in [2.75, 3.05) is 13.7 Å². The lowest BCUT2D eigenvalue weighted by Crippen LogP contribution is -2.54. The van der Waals surface area contributed by atoms with Crippen LogP contribution in [0.4, 0.5) is 4.79 Å². The minimum atomic E-state index is -1.23. The number of hydrogen-bond acceptors (Lipinski definition) is 9. The number of nitrogens with zero attached hydrogens (tertiary/aromatic N) is 4. The maximum atomic E-state index is 13.9. The summed E-state index contributed by atoms with van der Waals surface area (Å²) in [5.74, 6) is 2.18. The van der Waals surface area contributed by atoms with Gasteiger partial charge in [-0.2, -0.15) is 0 Å². The third-order valence-corrected chi connectivity index (χ3v) is 11.2. The molecule has 0 radical (unpaired) electrons. The smallest absolute Gasteiger partial charge is 0.410 e. The number of fused-ring (bicyclic) bond motifs is 6. The average Bonchev–Trinajstić information content (AvgIpc) is 3.97. The number of likely N-dealkylation sites (tertiary alicyclic amines) is 2. The zero-order chi connectivity index (χ0) is 38.8. The molecule has 13 heteroatoms. The van der Waals surface area contributed by atoms with E-state index in [-0.39, 0.29) is 36.0 Å². The SMILES string of the molecule is COC(O)N[C@H](C(=O)N1[C@@H](C)CC[C@H]1c1ncc(-c2ccc3c(c2)COc2cc4c(ccc5[nH]c([C@@H]6CCCN6C(=O)OC(C)(C)C)nc54)cc2-3)[nH]1)C(C)C. The van der Waals surface area contributed by atoms with E-state index in [4.69, 9.17) is 24.2 Å². The first-order chi connectivity index (χ1) is 26.3. The summed E-state index contributed by atoms with van der Waals surface area (Å²) in [6, 6.07) is 13.8. The fourth-order valence-electron chi connectivity index (χ4n) is 8.43. The van der Waals surface area contributed by atoms with Crippen LogP contribution in [0.5, 0.6) is 5.75 Å². The Morgan fingerprint density at radius 3 is 2.60 bits per heavy atom. The lowest BCUT2D eigenvalue weighted by atomic mass is 9.92.